The first kappa shape index (κ1) is 17.0. The number of fused-ring (bicyclic) bond motifs is 1. The maximum absolute atomic E-state index is 11.9. The number of nitrogens with zero attached hydrogens (tertiary/aromatic N) is 3. The monoisotopic (exact) mass is 339 g/mol. The van der Waals surface area contributed by atoms with E-state index in [0.717, 1.165) is 31.2 Å². The Morgan fingerprint density at radius 2 is 2.20 bits per heavy atom. The van der Waals surface area contributed by atoms with E-state index in [1.54, 1.807) is 4.52 Å². The number of hydrogen-bond donors (Lipinski definition) is 2. The fourth-order valence-electron chi connectivity index (χ4n) is 3.60. The molecule has 0 aromatic carbocycles. The van der Waals surface area contributed by atoms with E-state index in [4.69, 9.17) is 12.3 Å². The fourth-order valence-corrected chi connectivity index (χ4v) is 3.60. The molecule has 7 heteroatoms. The Morgan fingerprint density at radius 3 is 2.96 bits per heavy atom. The minimum atomic E-state index is -0.532. The first-order valence-electron chi connectivity index (χ1n) is 8.47. The molecule has 2 heterocycles. The molecule has 1 saturated carbocycles. The third-order valence-electron chi connectivity index (χ3n) is 4.81. The van der Waals surface area contributed by atoms with Gasteiger partial charge in [0.15, 0.2) is 0 Å². The number of aromatic nitrogens is 2. The van der Waals surface area contributed by atoms with Crippen LogP contribution in [0.2, 0.25) is 0 Å². The van der Waals surface area contributed by atoms with Gasteiger partial charge in [-0.1, -0.05) is 12.8 Å². The Bertz CT molecular complexity index is 836. The summed E-state index contributed by atoms with van der Waals surface area (Å²) >= 11 is 0. The molecule has 0 radical (unpaired) electrons. The van der Waals surface area contributed by atoms with Gasteiger partial charge in [-0.3, -0.25) is 9.59 Å². The van der Waals surface area contributed by atoms with Crippen molar-refractivity contribution < 1.29 is 9.59 Å². The van der Waals surface area contributed by atoms with Crippen molar-refractivity contribution in [3.63, 3.8) is 0 Å². The molecule has 1 aliphatic rings. The molecule has 0 spiro atoms. The Morgan fingerprint density at radius 1 is 1.40 bits per heavy atom. The second-order valence-electron chi connectivity index (χ2n) is 6.49. The Labute approximate surface area is 146 Å². The topological polar surface area (TPSA) is 93.9 Å². The predicted octanol–water partition coefficient (Wildman–Crippen LogP) is 2.28. The fraction of sp³-hybridized carbons (Fsp3) is 0.444. The third-order valence-corrected chi connectivity index (χ3v) is 4.81. The predicted molar refractivity (Wildman–Crippen MR) is 94.2 cm³/mol. The quantitative estimate of drug-likeness (QED) is 0.790. The van der Waals surface area contributed by atoms with Gasteiger partial charge >= 0.3 is 0 Å². The van der Waals surface area contributed by atoms with Crippen molar-refractivity contribution in [2.75, 3.05) is 11.9 Å². The summed E-state index contributed by atoms with van der Waals surface area (Å²) in [6, 6.07) is 3.81. The van der Waals surface area contributed by atoms with E-state index in [-0.39, 0.29) is 24.3 Å². The van der Waals surface area contributed by atoms with Gasteiger partial charge in [0.2, 0.25) is 5.78 Å². The summed E-state index contributed by atoms with van der Waals surface area (Å²) in [5, 5.41) is 7.66. The van der Waals surface area contributed by atoms with Crippen molar-refractivity contribution in [1.29, 1.82) is 0 Å². The summed E-state index contributed by atoms with van der Waals surface area (Å²) in [6.07, 6.45) is 7.68. The number of amides is 1. The van der Waals surface area contributed by atoms with Crippen molar-refractivity contribution in [2.24, 2.45) is 11.7 Å². The average Bonchev–Trinajstić information content (AvgIpc) is 3.06. The van der Waals surface area contributed by atoms with Gasteiger partial charge in [-0.25, -0.2) is 11.1 Å². The summed E-state index contributed by atoms with van der Waals surface area (Å²) in [5.41, 5.74) is 7.32. The van der Waals surface area contributed by atoms with Crippen LogP contribution in [0.1, 0.15) is 42.5 Å². The molecule has 2 atom stereocenters. The van der Waals surface area contributed by atoms with Gasteiger partial charge in [0.1, 0.15) is 0 Å². The van der Waals surface area contributed by atoms with Crippen LogP contribution in [0.25, 0.3) is 10.4 Å². The first-order chi connectivity index (χ1) is 12.1. The number of nitrogens with two attached hydrogens (primary N) is 1. The second kappa shape index (κ2) is 7.34. The normalized spacial score (nSPS) is 20.1. The molecule has 130 valence electrons. The molecule has 1 aliphatic carbocycles. The van der Waals surface area contributed by atoms with E-state index >= 15 is 0 Å². The highest BCUT2D eigenvalue weighted by molar-refractivity contribution is 6.01. The van der Waals surface area contributed by atoms with Gasteiger partial charge in [-0.2, -0.15) is 5.10 Å². The van der Waals surface area contributed by atoms with Crippen molar-refractivity contribution in [3.05, 3.63) is 41.5 Å². The summed E-state index contributed by atoms with van der Waals surface area (Å²) in [4.78, 5) is 26.9. The Balaban J connectivity index is 1.89. The lowest BCUT2D eigenvalue weighted by molar-refractivity contribution is -0.118. The smallest absolute Gasteiger partial charge is 0.272 e. The minimum Gasteiger partial charge on any atom is -0.380 e. The highest BCUT2D eigenvalue weighted by Gasteiger charge is 2.29. The molecular formula is C18H21N5O2. The van der Waals surface area contributed by atoms with Gasteiger partial charge in [-0.15, -0.1) is 0 Å². The van der Waals surface area contributed by atoms with Crippen LogP contribution in [0.4, 0.5) is 5.69 Å². The molecule has 7 nitrogen and oxygen atoms in total. The molecule has 0 aliphatic heterocycles. The number of anilines is 1. The van der Waals surface area contributed by atoms with E-state index in [1.807, 2.05) is 18.3 Å². The molecule has 0 unspecified atom stereocenters. The number of ketones is 1. The lowest BCUT2D eigenvalue weighted by atomic mass is 9.81. The maximum Gasteiger partial charge on any atom is 0.272 e. The Kier molecular flexibility index (Phi) is 4.98. The van der Waals surface area contributed by atoms with Crippen LogP contribution in [-0.2, 0) is 4.79 Å². The van der Waals surface area contributed by atoms with E-state index in [9.17, 15) is 9.59 Å². The SMILES string of the molecule is [C-]#[N+]CC(=O)C[C@@H]1CCCC[C@H]1Nc1c(C(N)=O)cnn2cccc12. The second-order valence-corrected chi connectivity index (χ2v) is 6.49. The molecule has 25 heavy (non-hydrogen) atoms. The maximum atomic E-state index is 11.9. The van der Waals surface area contributed by atoms with Gasteiger partial charge < -0.3 is 15.9 Å². The zero-order valence-corrected chi connectivity index (χ0v) is 13.9. The average molecular weight is 339 g/mol. The van der Waals surface area contributed by atoms with Crippen molar-refractivity contribution in [2.45, 2.75) is 38.1 Å². The van der Waals surface area contributed by atoms with Crippen molar-refractivity contribution in [1.82, 2.24) is 9.61 Å². The largest absolute Gasteiger partial charge is 0.380 e. The molecule has 0 saturated heterocycles. The van der Waals surface area contributed by atoms with Crippen LogP contribution in [0.3, 0.4) is 0 Å². The molecule has 3 N–H and O–H groups in total. The van der Waals surface area contributed by atoms with Crippen LogP contribution in [0.5, 0.6) is 0 Å². The zero-order chi connectivity index (χ0) is 17.8. The number of primary amides is 1. The molecule has 2 aromatic rings. The van der Waals surface area contributed by atoms with E-state index in [1.165, 1.54) is 6.20 Å². The van der Waals surface area contributed by atoms with Gasteiger partial charge in [-0.05, 0) is 30.9 Å². The first-order valence-corrected chi connectivity index (χ1v) is 8.47. The molecule has 3 rings (SSSR count). The van der Waals surface area contributed by atoms with Gasteiger partial charge in [0.05, 0.1) is 23.0 Å². The van der Waals surface area contributed by atoms with Crippen LogP contribution >= 0.6 is 0 Å². The van der Waals surface area contributed by atoms with Crippen LogP contribution in [0.15, 0.2) is 24.5 Å². The summed E-state index contributed by atoms with van der Waals surface area (Å²) < 4.78 is 1.69. The lowest BCUT2D eigenvalue weighted by Crippen LogP contribution is -2.35. The number of hydrogen-bond acceptors (Lipinski definition) is 4. The third kappa shape index (κ3) is 3.63. The summed E-state index contributed by atoms with van der Waals surface area (Å²) in [6.45, 7) is 6.79. The molecule has 0 bridgehead atoms. The van der Waals surface area contributed by atoms with E-state index in [0.29, 0.717) is 17.7 Å². The number of carbonyl (C=O) groups is 2. The molecular weight excluding hydrogens is 318 g/mol. The minimum absolute atomic E-state index is 0.0219. The summed E-state index contributed by atoms with van der Waals surface area (Å²) in [5.74, 6) is -0.395. The van der Waals surface area contributed by atoms with Crippen LogP contribution in [0, 0.1) is 12.5 Å². The lowest BCUT2D eigenvalue weighted by Gasteiger charge is -2.33. The molecule has 1 amide bonds. The highest BCUT2D eigenvalue weighted by Crippen LogP contribution is 2.32. The Hall–Kier alpha value is -2.88. The van der Waals surface area contributed by atoms with Crippen LogP contribution in [-0.4, -0.2) is 33.9 Å². The van der Waals surface area contributed by atoms with E-state index in [2.05, 4.69) is 15.3 Å². The van der Waals surface area contributed by atoms with Gasteiger partial charge in [0.25, 0.3) is 12.5 Å². The highest BCUT2D eigenvalue weighted by atomic mass is 16.1. The van der Waals surface area contributed by atoms with Gasteiger partial charge in [0, 0.05) is 18.7 Å². The molecule has 2 aromatic heterocycles. The van der Waals surface area contributed by atoms with Crippen molar-refractivity contribution in [3.8, 4) is 0 Å². The summed E-state index contributed by atoms with van der Waals surface area (Å²) in [7, 11) is 0. The van der Waals surface area contributed by atoms with Crippen LogP contribution < -0.4 is 11.1 Å². The van der Waals surface area contributed by atoms with Crippen molar-refractivity contribution >= 4 is 22.9 Å². The number of carbonyl (C=O) groups excluding carboxylic acids is 2. The number of nitrogens with one attached hydrogen (secondary N) is 1. The standard InChI is InChI=1S/C18H21N5O2/c1-20-10-13(24)9-12-5-2-3-6-15(12)22-17-14(18(19)25)11-21-23-8-4-7-16(17)23/h4,7-8,11-12,15,22H,2-3,5-6,9-10H2,(H2,19,25)/t12-,15+/m0/s1. The molecule has 1 fully saturated rings. The zero-order valence-electron chi connectivity index (χ0n) is 13.9. The number of Topliss-reactive ketones (excluding diaryl/α,β-unsaturated/α-hetero) is 1. The van der Waals surface area contributed by atoms with E-state index < -0.39 is 5.91 Å². The number of rotatable bonds is 6.